The summed E-state index contributed by atoms with van der Waals surface area (Å²) in [5.74, 6) is 0.768. The average molecular weight is 273 g/mol. The fourth-order valence-corrected chi connectivity index (χ4v) is 3.85. The van der Waals surface area contributed by atoms with Crippen molar-refractivity contribution in [2.75, 3.05) is 12.4 Å². The van der Waals surface area contributed by atoms with Crippen LogP contribution in [0.25, 0.3) is 0 Å². The van der Waals surface area contributed by atoms with Gasteiger partial charge in [-0.25, -0.2) is 0 Å². The molecule has 1 aromatic heterocycles. The molecule has 2 bridgehead atoms. The number of nitrogens with one attached hydrogen (secondary N) is 1. The summed E-state index contributed by atoms with van der Waals surface area (Å²) in [5.41, 5.74) is 0. The molecule has 1 aromatic rings. The largest absolute Gasteiger partial charge is 0.364 e. The summed E-state index contributed by atoms with van der Waals surface area (Å²) in [7, 11) is 2.27. The Balaban J connectivity index is 1.68. The van der Waals surface area contributed by atoms with E-state index in [9.17, 15) is 0 Å². The molecule has 17 heavy (non-hydrogen) atoms. The number of hydrogen-bond acceptors (Lipinski definition) is 5. The van der Waals surface area contributed by atoms with E-state index in [-0.39, 0.29) is 0 Å². The quantitative estimate of drug-likeness (QED) is 0.899. The highest BCUT2D eigenvalue weighted by atomic mass is 35.5. The maximum absolute atomic E-state index is 5.97. The van der Waals surface area contributed by atoms with Crippen LogP contribution in [0.2, 0.25) is 5.15 Å². The molecular weight excluding hydrogens is 256 g/mol. The third-order valence-corrected chi connectivity index (χ3v) is 5.02. The molecule has 2 saturated heterocycles. The molecule has 0 aliphatic carbocycles. The van der Waals surface area contributed by atoms with Crippen molar-refractivity contribution in [2.45, 2.75) is 50.2 Å². The van der Waals surface area contributed by atoms with Crippen LogP contribution in [0.3, 0.4) is 0 Å². The van der Waals surface area contributed by atoms with Gasteiger partial charge in [-0.1, -0.05) is 18.0 Å². The van der Waals surface area contributed by atoms with Crippen molar-refractivity contribution < 1.29 is 0 Å². The number of fused-ring (bicyclic) bond motifs is 2. The summed E-state index contributed by atoms with van der Waals surface area (Å²) < 4.78 is 8.19. The van der Waals surface area contributed by atoms with Crippen molar-refractivity contribution in [1.29, 1.82) is 0 Å². The van der Waals surface area contributed by atoms with Crippen molar-refractivity contribution in [2.24, 2.45) is 0 Å². The zero-order valence-electron chi connectivity index (χ0n) is 9.90. The van der Waals surface area contributed by atoms with E-state index < -0.39 is 0 Å². The first-order chi connectivity index (χ1) is 8.24. The van der Waals surface area contributed by atoms with Gasteiger partial charge in [0, 0.05) is 18.1 Å². The molecule has 3 heterocycles. The minimum absolute atomic E-state index is 0.503. The van der Waals surface area contributed by atoms with Crippen molar-refractivity contribution in [1.82, 2.24) is 13.6 Å². The van der Waals surface area contributed by atoms with Crippen LogP contribution in [0.5, 0.6) is 0 Å². The van der Waals surface area contributed by atoms with E-state index in [1.165, 1.54) is 43.8 Å². The molecule has 94 valence electrons. The highest BCUT2D eigenvalue weighted by molar-refractivity contribution is 6.99. The zero-order valence-corrected chi connectivity index (χ0v) is 11.5. The molecule has 2 unspecified atom stereocenters. The Morgan fingerprint density at radius 2 is 2.00 bits per heavy atom. The van der Waals surface area contributed by atoms with Gasteiger partial charge in [0.15, 0.2) is 11.0 Å². The third-order valence-electron chi connectivity index (χ3n) is 4.13. The van der Waals surface area contributed by atoms with Gasteiger partial charge in [0.25, 0.3) is 0 Å². The zero-order chi connectivity index (χ0) is 11.8. The second-order valence-electron chi connectivity index (χ2n) is 5.12. The predicted octanol–water partition coefficient (Wildman–Crippen LogP) is 2.62. The van der Waals surface area contributed by atoms with Crippen LogP contribution in [0.1, 0.15) is 32.1 Å². The number of hydrogen-bond donors (Lipinski definition) is 1. The van der Waals surface area contributed by atoms with Crippen LogP contribution in [0.15, 0.2) is 0 Å². The minimum Gasteiger partial charge on any atom is -0.364 e. The van der Waals surface area contributed by atoms with Gasteiger partial charge >= 0.3 is 0 Å². The monoisotopic (exact) mass is 272 g/mol. The van der Waals surface area contributed by atoms with E-state index in [2.05, 4.69) is 26.0 Å². The topological polar surface area (TPSA) is 41.0 Å². The van der Waals surface area contributed by atoms with Crippen molar-refractivity contribution >= 4 is 29.1 Å². The van der Waals surface area contributed by atoms with Crippen LogP contribution in [0, 0.1) is 0 Å². The summed E-state index contributed by atoms with van der Waals surface area (Å²) in [4.78, 5) is 2.56. The molecule has 6 heteroatoms. The Hall–Kier alpha value is -0.390. The van der Waals surface area contributed by atoms with E-state index in [1.54, 1.807) is 0 Å². The normalized spacial score (nSPS) is 33.6. The average Bonchev–Trinajstić information content (AvgIpc) is 2.66. The predicted molar refractivity (Wildman–Crippen MR) is 70.8 cm³/mol. The number of nitrogens with zero attached hydrogens (tertiary/aromatic N) is 3. The van der Waals surface area contributed by atoms with Gasteiger partial charge in [0.2, 0.25) is 0 Å². The number of anilines is 1. The van der Waals surface area contributed by atoms with Gasteiger partial charge in [0.05, 0.1) is 11.7 Å². The first-order valence-electron chi connectivity index (χ1n) is 6.20. The lowest BCUT2D eigenvalue weighted by Gasteiger charge is -2.47. The molecule has 0 saturated carbocycles. The molecular formula is C11H17ClN4S. The van der Waals surface area contributed by atoms with Gasteiger partial charge < -0.3 is 10.2 Å². The van der Waals surface area contributed by atoms with E-state index in [1.807, 2.05) is 0 Å². The van der Waals surface area contributed by atoms with E-state index >= 15 is 0 Å². The van der Waals surface area contributed by atoms with Crippen LogP contribution in [-0.2, 0) is 0 Å². The summed E-state index contributed by atoms with van der Waals surface area (Å²) >= 11 is 7.14. The molecule has 2 aliphatic rings. The molecule has 0 spiro atoms. The lowest BCUT2D eigenvalue weighted by molar-refractivity contribution is 0.0608. The fourth-order valence-electron chi connectivity index (χ4n) is 3.19. The SMILES string of the molecule is CN1C2CCCC1CC(Nc1nsnc1Cl)C2. The number of aromatic nitrogens is 2. The van der Waals surface area contributed by atoms with Gasteiger partial charge in [-0.05, 0) is 32.7 Å². The highest BCUT2D eigenvalue weighted by Crippen LogP contribution is 2.34. The number of piperidine rings is 2. The van der Waals surface area contributed by atoms with Gasteiger partial charge in [0.1, 0.15) is 0 Å². The lowest BCUT2D eigenvalue weighted by Crippen LogP contribution is -2.52. The van der Waals surface area contributed by atoms with Crippen molar-refractivity contribution in [3.63, 3.8) is 0 Å². The number of halogens is 1. The first kappa shape index (κ1) is 11.7. The third kappa shape index (κ3) is 2.28. The molecule has 0 radical (unpaired) electrons. The Bertz CT molecular complexity index is 383. The Morgan fingerprint density at radius 1 is 1.29 bits per heavy atom. The van der Waals surface area contributed by atoms with Crippen LogP contribution in [0.4, 0.5) is 5.82 Å². The minimum atomic E-state index is 0.503. The summed E-state index contributed by atoms with van der Waals surface area (Å²) in [6, 6.07) is 1.96. The number of rotatable bonds is 2. The second kappa shape index (κ2) is 4.71. The molecule has 2 fully saturated rings. The van der Waals surface area contributed by atoms with Crippen molar-refractivity contribution in [3.05, 3.63) is 5.15 Å². The second-order valence-corrected chi connectivity index (χ2v) is 6.01. The summed E-state index contributed by atoms with van der Waals surface area (Å²) in [6.07, 6.45) is 6.43. The highest BCUT2D eigenvalue weighted by Gasteiger charge is 2.36. The summed E-state index contributed by atoms with van der Waals surface area (Å²) in [5, 5.41) is 3.97. The van der Waals surface area contributed by atoms with Gasteiger partial charge in [-0.3, -0.25) is 0 Å². The van der Waals surface area contributed by atoms with Gasteiger partial charge in [-0.15, -0.1) is 0 Å². The molecule has 4 nitrogen and oxygen atoms in total. The molecule has 2 aliphatic heterocycles. The van der Waals surface area contributed by atoms with Crippen LogP contribution >= 0.6 is 23.3 Å². The van der Waals surface area contributed by atoms with Crippen LogP contribution in [-0.4, -0.2) is 38.8 Å². The standard InChI is InChI=1S/C11H17ClN4S/c1-16-8-3-2-4-9(16)6-7(5-8)13-11-10(12)14-17-15-11/h7-9H,2-6H2,1H3,(H,13,15). The molecule has 1 N–H and O–H groups in total. The van der Waals surface area contributed by atoms with E-state index in [0.29, 0.717) is 11.2 Å². The lowest BCUT2D eigenvalue weighted by atomic mass is 9.82. The Labute approximate surface area is 111 Å². The maximum atomic E-state index is 5.97. The molecule has 3 rings (SSSR count). The smallest absolute Gasteiger partial charge is 0.186 e. The van der Waals surface area contributed by atoms with E-state index in [0.717, 1.165) is 17.9 Å². The molecule has 2 atom stereocenters. The van der Waals surface area contributed by atoms with E-state index in [4.69, 9.17) is 11.6 Å². The molecule has 0 aromatic carbocycles. The van der Waals surface area contributed by atoms with Gasteiger partial charge in [-0.2, -0.15) is 8.75 Å². The Kier molecular flexibility index (Phi) is 3.23. The summed E-state index contributed by atoms with van der Waals surface area (Å²) in [6.45, 7) is 0. The fraction of sp³-hybridized carbons (Fsp3) is 0.818. The Morgan fingerprint density at radius 3 is 2.59 bits per heavy atom. The first-order valence-corrected chi connectivity index (χ1v) is 7.31. The van der Waals surface area contributed by atoms with Crippen molar-refractivity contribution in [3.8, 4) is 0 Å². The molecule has 0 amide bonds. The maximum Gasteiger partial charge on any atom is 0.186 e. The van der Waals surface area contributed by atoms with Crippen LogP contribution < -0.4 is 5.32 Å².